The maximum Gasteiger partial charge on any atom is 0.270 e. The fourth-order valence-corrected chi connectivity index (χ4v) is 2.52. The molecule has 3 nitrogen and oxygen atoms in total. The van der Waals surface area contributed by atoms with Crippen molar-refractivity contribution < 1.29 is 4.79 Å². The molecule has 0 spiro atoms. The van der Waals surface area contributed by atoms with Gasteiger partial charge < -0.3 is 5.32 Å². The van der Waals surface area contributed by atoms with Crippen LogP contribution in [0.3, 0.4) is 0 Å². The number of nitrogens with zero attached hydrogens (tertiary/aromatic N) is 1. The number of aromatic nitrogens is 1. The molecular formula is C13H17ClN2O. The molecule has 0 saturated heterocycles. The highest BCUT2D eigenvalue weighted by molar-refractivity contribution is 6.30. The third-order valence-corrected chi connectivity index (χ3v) is 3.75. The van der Waals surface area contributed by atoms with Crippen LogP contribution in [0.2, 0.25) is 5.02 Å². The van der Waals surface area contributed by atoms with Crippen LogP contribution in [0, 0.1) is 5.41 Å². The standard InChI is InChI=1S/C13H17ClN2O/c1-13(2)6-3-4-11(13)16-12(17)10-8-9(14)5-7-15-10/h5,7-8,11H,3-4,6H2,1-2H3,(H,16,17). The zero-order chi connectivity index (χ0) is 12.5. The van der Waals surface area contributed by atoms with Gasteiger partial charge >= 0.3 is 0 Å². The van der Waals surface area contributed by atoms with Crippen LogP contribution < -0.4 is 5.32 Å². The van der Waals surface area contributed by atoms with Crippen molar-refractivity contribution in [2.24, 2.45) is 5.41 Å². The second-order valence-corrected chi connectivity index (χ2v) is 5.70. The Morgan fingerprint density at radius 1 is 1.59 bits per heavy atom. The van der Waals surface area contributed by atoms with E-state index in [0.717, 1.165) is 12.8 Å². The van der Waals surface area contributed by atoms with Crippen LogP contribution in [0.25, 0.3) is 0 Å². The van der Waals surface area contributed by atoms with E-state index < -0.39 is 0 Å². The lowest BCUT2D eigenvalue weighted by molar-refractivity contribution is 0.0905. The van der Waals surface area contributed by atoms with E-state index in [9.17, 15) is 4.79 Å². The van der Waals surface area contributed by atoms with E-state index in [0.29, 0.717) is 10.7 Å². The minimum atomic E-state index is -0.132. The van der Waals surface area contributed by atoms with Crippen LogP contribution in [0.5, 0.6) is 0 Å². The van der Waals surface area contributed by atoms with Crippen LogP contribution >= 0.6 is 11.6 Å². The lowest BCUT2D eigenvalue weighted by Crippen LogP contribution is -2.41. The van der Waals surface area contributed by atoms with Gasteiger partial charge in [0.05, 0.1) is 0 Å². The number of carbonyl (C=O) groups is 1. The molecule has 1 amide bonds. The second-order valence-electron chi connectivity index (χ2n) is 5.27. The molecule has 1 saturated carbocycles. The van der Waals surface area contributed by atoms with Crippen LogP contribution in [-0.2, 0) is 0 Å². The first-order valence-electron chi connectivity index (χ1n) is 5.91. The Balaban J connectivity index is 2.07. The summed E-state index contributed by atoms with van der Waals surface area (Å²) in [6.07, 6.45) is 4.91. The molecule has 1 aromatic heterocycles. The Morgan fingerprint density at radius 2 is 2.35 bits per heavy atom. The first kappa shape index (κ1) is 12.4. The Labute approximate surface area is 107 Å². The minimum Gasteiger partial charge on any atom is -0.347 e. The lowest BCUT2D eigenvalue weighted by Gasteiger charge is -2.27. The number of hydrogen-bond donors (Lipinski definition) is 1. The van der Waals surface area contributed by atoms with Crippen molar-refractivity contribution in [2.75, 3.05) is 0 Å². The minimum absolute atomic E-state index is 0.132. The van der Waals surface area contributed by atoms with Crippen molar-refractivity contribution >= 4 is 17.5 Å². The summed E-state index contributed by atoms with van der Waals surface area (Å²) in [6, 6.07) is 3.49. The third kappa shape index (κ3) is 2.78. The average molecular weight is 253 g/mol. The molecule has 17 heavy (non-hydrogen) atoms. The molecule has 0 aliphatic heterocycles. The first-order valence-corrected chi connectivity index (χ1v) is 6.29. The van der Waals surface area contributed by atoms with E-state index in [1.54, 1.807) is 18.3 Å². The van der Waals surface area contributed by atoms with Crippen molar-refractivity contribution in [1.29, 1.82) is 0 Å². The summed E-state index contributed by atoms with van der Waals surface area (Å²) in [5, 5.41) is 3.59. The SMILES string of the molecule is CC1(C)CCCC1NC(=O)c1cc(Cl)ccn1. The van der Waals surface area contributed by atoms with Gasteiger partial charge in [0.2, 0.25) is 0 Å². The maximum atomic E-state index is 12.0. The van der Waals surface area contributed by atoms with Gasteiger partial charge in [0.1, 0.15) is 5.69 Å². The highest BCUT2D eigenvalue weighted by Gasteiger charge is 2.35. The van der Waals surface area contributed by atoms with Gasteiger partial charge in [-0.2, -0.15) is 0 Å². The van der Waals surface area contributed by atoms with E-state index in [1.807, 2.05) is 0 Å². The van der Waals surface area contributed by atoms with Crippen molar-refractivity contribution in [2.45, 2.75) is 39.2 Å². The van der Waals surface area contributed by atoms with E-state index in [2.05, 4.69) is 24.1 Å². The first-order chi connectivity index (χ1) is 7.99. The van der Waals surface area contributed by atoms with Crippen molar-refractivity contribution in [3.8, 4) is 0 Å². The fraction of sp³-hybridized carbons (Fsp3) is 0.538. The number of nitrogens with one attached hydrogen (secondary N) is 1. The van der Waals surface area contributed by atoms with E-state index in [4.69, 9.17) is 11.6 Å². The molecule has 1 unspecified atom stereocenters. The van der Waals surface area contributed by atoms with Gasteiger partial charge in [-0.15, -0.1) is 0 Å². The number of amides is 1. The Hall–Kier alpha value is -1.09. The highest BCUT2D eigenvalue weighted by Crippen LogP contribution is 2.37. The molecule has 1 aliphatic rings. The number of halogens is 1. The van der Waals surface area contributed by atoms with Gasteiger partial charge in [0.25, 0.3) is 5.91 Å². The van der Waals surface area contributed by atoms with Gasteiger partial charge in [0, 0.05) is 17.3 Å². The lowest BCUT2D eigenvalue weighted by atomic mass is 9.87. The smallest absolute Gasteiger partial charge is 0.270 e. The molecule has 0 aromatic carbocycles. The topological polar surface area (TPSA) is 42.0 Å². The molecule has 0 radical (unpaired) electrons. The monoisotopic (exact) mass is 252 g/mol. The predicted octanol–water partition coefficient (Wildman–Crippen LogP) is 3.04. The predicted molar refractivity (Wildman–Crippen MR) is 68.1 cm³/mol. The fourth-order valence-electron chi connectivity index (χ4n) is 2.36. The molecular weight excluding hydrogens is 236 g/mol. The molecule has 1 aliphatic carbocycles. The summed E-state index contributed by atoms with van der Waals surface area (Å²) in [6.45, 7) is 4.38. The van der Waals surface area contributed by atoms with E-state index in [-0.39, 0.29) is 17.4 Å². The van der Waals surface area contributed by atoms with Crippen LogP contribution in [0.15, 0.2) is 18.3 Å². The molecule has 1 aromatic rings. The molecule has 4 heteroatoms. The molecule has 2 rings (SSSR count). The molecule has 92 valence electrons. The molecule has 1 fully saturated rings. The van der Waals surface area contributed by atoms with E-state index >= 15 is 0 Å². The van der Waals surface area contributed by atoms with Gasteiger partial charge in [-0.05, 0) is 30.4 Å². The summed E-state index contributed by atoms with van der Waals surface area (Å²) >= 11 is 5.84. The van der Waals surface area contributed by atoms with Gasteiger partial charge in [-0.3, -0.25) is 9.78 Å². The Morgan fingerprint density at radius 3 is 2.94 bits per heavy atom. The van der Waals surface area contributed by atoms with Gasteiger partial charge in [0.15, 0.2) is 0 Å². The number of rotatable bonds is 2. The van der Waals surface area contributed by atoms with Crippen LogP contribution in [-0.4, -0.2) is 16.9 Å². The summed E-state index contributed by atoms with van der Waals surface area (Å²) in [4.78, 5) is 16.0. The summed E-state index contributed by atoms with van der Waals surface area (Å²) in [5.41, 5.74) is 0.564. The highest BCUT2D eigenvalue weighted by atomic mass is 35.5. The largest absolute Gasteiger partial charge is 0.347 e. The average Bonchev–Trinajstić information content (AvgIpc) is 2.58. The van der Waals surface area contributed by atoms with Gasteiger partial charge in [-0.25, -0.2) is 0 Å². The zero-order valence-corrected chi connectivity index (χ0v) is 10.9. The molecule has 0 bridgehead atoms. The zero-order valence-electron chi connectivity index (χ0n) is 10.2. The summed E-state index contributed by atoms with van der Waals surface area (Å²) in [5.74, 6) is -0.132. The summed E-state index contributed by atoms with van der Waals surface area (Å²) < 4.78 is 0. The van der Waals surface area contributed by atoms with E-state index in [1.165, 1.54) is 6.42 Å². The molecule has 1 atom stereocenters. The number of carbonyl (C=O) groups excluding carboxylic acids is 1. The van der Waals surface area contributed by atoms with Crippen molar-refractivity contribution in [3.05, 3.63) is 29.0 Å². The van der Waals surface area contributed by atoms with Crippen LogP contribution in [0.4, 0.5) is 0 Å². The second kappa shape index (κ2) is 4.65. The third-order valence-electron chi connectivity index (χ3n) is 3.52. The molecule has 1 N–H and O–H groups in total. The summed E-state index contributed by atoms with van der Waals surface area (Å²) in [7, 11) is 0. The normalized spacial score (nSPS) is 22.4. The maximum absolute atomic E-state index is 12.0. The van der Waals surface area contributed by atoms with Gasteiger partial charge in [-0.1, -0.05) is 31.9 Å². The Bertz CT molecular complexity index is 431. The van der Waals surface area contributed by atoms with Crippen LogP contribution in [0.1, 0.15) is 43.6 Å². The Kier molecular flexibility index (Phi) is 3.38. The quantitative estimate of drug-likeness (QED) is 0.879. The van der Waals surface area contributed by atoms with Crippen molar-refractivity contribution in [1.82, 2.24) is 10.3 Å². The number of hydrogen-bond acceptors (Lipinski definition) is 2. The number of pyridine rings is 1. The van der Waals surface area contributed by atoms with Crippen molar-refractivity contribution in [3.63, 3.8) is 0 Å². The molecule has 1 heterocycles.